The molecule has 0 aliphatic heterocycles. The van der Waals surface area contributed by atoms with Gasteiger partial charge in [-0.05, 0) is 43.2 Å². The number of carbonyl (C=O) groups excluding carboxylic acids is 1. The molecule has 2 saturated carbocycles. The van der Waals surface area contributed by atoms with E-state index in [4.69, 9.17) is 0 Å². The van der Waals surface area contributed by atoms with Crippen LogP contribution in [0.15, 0.2) is 24.4 Å². The zero-order valence-electron chi connectivity index (χ0n) is 9.23. The predicted molar refractivity (Wildman–Crippen MR) is 60.9 cm³/mol. The Balaban J connectivity index is 1.65. The Hall–Kier alpha value is -1.38. The topological polar surface area (TPSA) is 42.0 Å². The van der Waals surface area contributed by atoms with Crippen LogP contribution >= 0.6 is 0 Å². The number of fused-ring (bicyclic) bond motifs is 2. The molecule has 84 valence electrons. The number of hydrogen-bond donors (Lipinski definition) is 1. The summed E-state index contributed by atoms with van der Waals surface area (Å²) in [4.78, 5) is 16.0. The van der Waals surface area contributed by atoms with Crippen LogP contribution in [0.4, 0.5) is 0 Å². The molecule has 0 aromatic carbocycles. The molecule has 3 nitrogen and oxygen atoms in total. The van der Waals surface area contributed by atoms with Gasteiger partial charge in [-0.1, -0.05) is 12.5 Å². The number of pyridine rings is 1. The van der Waals surface area contributed by atoms with E-state index in [1.807, 2.05) is 12.1 Å². The van der Waals surface area contributed by atoms with E-state index < -0.39 is 0 Å². The van der Waals surface area contributed by atoms with E-state index in [0.717, 1.165) is 11.8 Å². The predicted octanol–water partition coefficient (Wildman–Crippen LogP) is 2.00. The van der Waals surface area contributed by atoms with Crippen LogP contribution in [-0.2, 0) is 0 Å². The van der Waals surface area contributed by atoms with Gasteiger partial charge >= 0.3 is 0 Å². The molecule has 0 spiro atoms. The third-order valence-electron chi connectivity index (χ3n) is 3.95. The smallest absolute Gasteiger partial charge is 0.270 e. The highest BCUT2D eigenvalue weighted by Gasteiger charge is 2.40. The summed E-state index contributed by atoms with van der Waals surface area (Å²) in [5.74, 6) is 1.56. The SMILES string of the molecule is O=C(N[C@@H]1C[C@H]2CC[C@@H]1C2)c1ccccn1. The lowest BCUT2D eigenvalue weighted by Crippen LogP contribution is -2.38. The van der Waals surface area contributed by atoms with Gasteiger partial charge in [0.2, 0.25) is 0 Å². The Morgan fingerprint density at radius 3 is 2.88 bits per heavy atom. The summed E-state index contributed by atoms with van der Waals surface area (Å²) in [6.45, 7) is 0. The van der Waals surface area contributed by atoms with Crippen LogP contribution in [0.5, 0.6) is 0 Å². The van der Waals surface area contributed by atoms with Crippen molar-refractivity contribution < 1.29 is 4.79 Å². The van der Waals surface area contributed by atoms with Crippen molar-refractivity contribution in [3.63, 3.8) is 0 Å². The highest BCUT2D eigenvalue weighted by atomic mass is 16.1. The van der Waals surface area contributed by atoms with Gasteiger partial charge in [0.15, 0.2) is 0 Å². The second kappa shape index (κ2) is 3.89. The molecule has 2 bridgehead atoms. The zero-order chi connectivity index (χ0) is 11.0. The van der Waals surface area contributed by atoms with Gasteiger partial charge in [0.25, 0.3) is 5.91 Å². The standard InChI is InChI=1S/C13H16N2O/c16-13(11-3-1-2-6-14-11)15-12-8-9-4-5-10(12)7-9/h1-3,6,9-10,12H,4-5,7-8H2,(H,15,16)/t9-,10+,12+/m0/s1. The molecule has 1 heterocycles. The average molecular weight is 216 g/mol. The molecule has 1 N–H and O–H groups in total. The minimum absolute atomic E-state index is 0.0156. The first-order chi connectivity index (χ1) is 7.83. The lowest BCUT2D eigenvalue weighted by molar-refractivity contribution is 0.0918. The molecule has 2 fully saturated rings. The average Bonchev–Trinajstić information content (AvgIpc) is 2.92. The van der Waals surface area contributed by atoms with Gasteiger partial charge in [0, 0.05) is 12.2 Å². The molecule has 1 aromatic heterocycles. The van der Waals surface area contributed by atoms with Crippen molar-refractivity contribution in [2.45, 2.75) is 31.7 Å². The van der Waals surface area contributed by atoms with Crippen LogP contribution in [0.25, 0.3) is 0 Å². The molecule has 1 aromatic rings. The number of rotatable bonds is 2. The van der Waals surface area contributed by atoms with Crippen LogP contribution < -0.4 is 5.32 Å². The summed E-state index contributed by atoms with van der Waals surface area (Å²) >= 11 is 0. The molecule has 3 heteroatoms. The largest absolute Gasteiger partial charge is 0.348 e. The second-order valence-corrected chi connectivity index (χ2v) is 4.97. The maximum Gasteiger partial charge on any atom is 0.270 e. The molecule has 3 atom stereocenters. The Kier molecular flexibility index (Phi) is 2.39. The lowest BCUT2D eigenvalue weighted by Gasteiger charge is -2.22. The molecule has 0 unspecified atom stereocenters. The fraction of sp³-hybridized carbons (Fsp3) is 0.538. The second-order valence-electron chi connectivity index (χ2n) is 4.97. The fourth-order valence-corrected chi connectivity index (χ4v) is 3.16. The summed E-state index contributed by atoms with van der Waals surface area (Å²) in [5.41, 5.74) is 0.533. The monoisotopic (exact) mass is 216 g/mol. The molecular formula is C13H16N2O. The van der Waals surface area contributed by atoms with Crippen molar-refractivity contribution in [1.82, 2.24) is 10.3 Å². The molecule has 2 aliphatic carbocycles. The van der Waals surface area contributed by atoms with Gasteiger partial charge in [0.05, 0.1) is 0 Å². The van der Waals surface area contributed by atoms with Gasteiger partial charge in [-0.2, -0.15) is 0 Å². The summed E-state index contributed by atoms with van der Waals surface area (Å²) in [7, 11) is 0. The molecule has 16 heavy (non-hydrogen) atoms. The molecule has 1 amide bonds. The van der Waals surface area contributed by atoms with Crippen LogP contribution in [0.1, 0.15) is 36.2 Å². The van der Waals surface area contributed by atoms with Crippen molar-refractivity contribution in [3.05, 3.63) is 30.1 Å². The first-order valence-electron chi connectivity index (χ1n) is 6.05. The Morgan fingerprint density at radius 1 is 1.31 bits per heavy atom. The number of nitrogens with one attached hydrogen (secondary N) is 1. The normalized spacial score (nSPS) is 31.6. The van der Waals surface area contributed by atoms with E-state index >= 15 is 0 Å². The molecule has 3 rings (SSSR count). The summed E-state index contributed by atoms with van der Waals surface area (Å²) < 4.78 is 0. The van der Waals surface area contributed by atoms with E-state index in [0.29, 0.717) is 11.7 Å². The Morgan fingerprint density at radius 2 is 2.25 bits per heavy atom. The molecule has 2 aliphatic rings. The van der Waals surface area contributed by atoms with E-state index in [1.54, 1.807) is 12.3 Å². The number of carbonyl (C=O) groups is 1. The first kappa shape index (κ1) is 9.82. The van der Waals surface area contributed by atoms with E-state index in [2.05, 4.69) is 10.3 Å². The molecule has 0 saturated heterocycles. The quantitative estimate of drug-likeness (QED) is 0.821. The third-order valence-corrected chi connectivity index (χ3v) is 3.95. The zero-order valence-corrected chi connectivity index (χ0v) is 9.23. The third kappa shape index (κ3) is 1.70. The van der Waals surface area contributed by atoms with E-state index in [1.165, 1.54) is 25.7 Å². The number of aromatic nitrogens is 1. The number of amides is 1. The van der Waals surface area contributed by atoms with Crippen molar-refractivity contribution in [1.29, 1.82) is 0 Å². The maximum atomic E-state index is 11.9. The van der Waals surface area contributed by atoms with Crippen LogP contribution in [0.3, 0.4) is 0 Å². The maximum absolute atomic E-state index is 11.9. The van der Waals surface area contributed by atoms with Gasteiger partial charge in [0.1, 0.15) is 5.69 Å². The van der Waals surface area contributed by atoms with Gasteiger partial charge in [-0.15, -0.1) is 0 Å². The highest BCUT2D eigenvalue weighted by Crippen LogP contribution is 2.44. The number of nitrogens with zero attached hydrogens (tertiary/aromatic N) is 1. The first-order valence-corrected chi connectivity index (χ1v) is 6.05. The van der Waals surface area contributed by atoms with Gasteiger partial charge < -0.3 is 5.32 Å². The Bertz CT molecular complexity index is 390. The van der Waals surface area contributed by atoms with Crippen molar-refractivity contribution in [2.24, 2.45) is 11.8 Å². The van der Waals surface area contributed by atoms with Crippen LogP contribution in [-0.4, -0.2) is 16.9 Å². The highest BCUT2D eigenvalue weighted by molar-refractivity contribution is 5.92. The van der Waals surface area contributed by atoms with Gasteiger partial charge in [-0.3, -0.25) is 9.78 Å². The minimum Gasteiger partial charge on any atom is -0.348 e. The summed E-state index contributed by atoms with van der Waals surface area (Å²) in [6.07, 6.45) is 6.80. The van der Waals surface area contributed by atoms with E-state index in [-0.39, 0.29) is 5.91 Å². The fourth-order valence-electron chi connectivity index (χ4n) is 3.16. The van der Waals surface area contributed by atoms with Crippen molar-refractivity contribution in [3.8, 4) is 0 Å². The van der Waals surface area contributed by atoms with E-state index in [9.17, 15) is 4.79 Å². The minimum atomic E-state index is -0.0156. The summed E-state index contributed by atoms with van der Waals surface area (Å²) in [6, 6.07) is 5.84. The summed E-state index contributed by atoms with van der Waals surface area (Å²) in [5, 5.41) is 3.13. The van der Waals surface area contributed by atoms with Crippen molar-refractivity contribution in [2.75, 3.05) is 0 Å². The number of hydrogen-bond acceptors (Lipinski definition) is 2. The lowest BCUT2D eigenvalue weighted by atomic mass is 9.95. The Labute approximate surface area is 95.3 Å². The van der Waals surface area contributed by atoms with Crippen LogP contribution in [0, 0.1) is 11.8 Å². The van der Waals surface area contributed by atoms with Crippen LogP contribution in [0.2, 0.25) is 0 Å². The van der Waals surface area contributed by atoms with Gasteiger partial charge in [-0.25, -0.2) is 0 Å². The van der Waals surface area contributed by atoms with Crippen molar-refractivity contribution >= 4 is 5.91 Å². The molecular weight excluding hydrogens is 200 g/mol. The molecule has 0 radical (unpaired) electrons.